The molecule has 34 valence electrons. The molecule has 0 rings (SSSR count). The minimum absolute atomic E-state index is 0. The molecule has 0 bridgehead atoms. The predicted octanol–water partition coefficient (Wildman–Crippen LogP) is 2.20. The van der Waals surface area contributed by atoms with Gasteiger partial charge in [-0.15, -0.1) is 0 Å². The summed E-state index contributed by atoms with van der Waals surface area (Å²) in [6, 6.07) is 0. The summed E-state index contributed by atoms with van der Waals surface area (Å²) in [6.45, 7) is 4.24. The monoisotopic (exact) mass is 199 g/mol. The van der Waals surface area contributed by atoms with Gasteiger partial charge in [-0.25, -0.2) is 0 Å². The van der Waals surface area contributed by atoms with Crippen LogP contribution in [-0.2, 0) is 19.5 Å². The molecule has 0 aliphatic rings. The molecule has 0 aromatic carbocycles. The third kappa shape index (κ3) is 8.92. The summed E-state index contributed by atoms with van der Waals surface area (Å²) in [4.78, 5) is 0. The molecule has 0 fully saturated rings. The van der Waals surface area contributed by atoms with Crippen molar-refractivity contribution in [1.29, 1.82) is 0 Å². The minimum atomic E-state index is 0. The fourth-order valence-electron chi connectivity index (χ4n) is 0. The van der Waals surface area contributed by atoms with Gasteiger partial charge < -0.3 is 15.9 Å². The van der Waals surface area contributed by atoms with Gasteiger partial charge in [0.25, 0.3) is 0 Å². The van der Waals surface area contributed by atoms with Crippen LogP contribution in [0.15, 0.2) is 0 Å². The summed E-state index contributed by atoms with van der Waals surface area (Å²) < 4.78 is 0. The molecular formula is C4H8BrZn-. The molecule has 0 radical (unpaired) electrons. The first-order valence-corrected chi connectivity index (χ1v) is 2.62. The summed E-state index contributed by atoms with van der Waals surface area (Å²) >= 11 is 3.19. The molecule has 0 aliphatic heterocycles. The summed E-state index contributed by atoms with van der Waals surface area (Å²) in [5.74, 6) is 0.676. The summed E-state index contributed by atoms with van der Waals surface area (Å²) in [5.41, 5.74) is 0. The molecule has 0 saturated carbocycles. The van der Waals surface area contributed by atoms with Crippen molar-refractivity contribution >= 4 is 15.9 Å². The molecule has 0 spiro atoms. The molecule has 0 heterocycles. The quantitative estimate of drug-likeness (QED) is 0.451. The number of hydrogen-bond acceptors (Lipinski definition) is 0. The van der Waals surface area contributed by atoms with Crippen molar-refractivity contribution in [3.05, 3.63) is 5.33 Å². The van der Waals surface area contributed by atoms with Gasteiger partial charge in [-0.3, -0.25) is 5.33 Å². The van der Waals surface area contributed by atoms with E-state index in [1.165, 1.54) is 0 Å². The zero-order valence-electron chi connectivity index (χ0n) is 4.24. The molecule has 0 N–H and O–H groups in total. The molecule has 6 heavy (non-hydrogen) atoms. The smallest absolute Gasteiger partial charge is 0 e. The van der Waals surface area contributed by atoms with E-state index in [9.17, 15) is 0 Å². The minimum Gasteiger partial charge on any atom is -0.320 e. The predicted molar refractivity (Wildman–Crippen MR) is 28.1 cm³/mol. The van der Waals surface area contributed by atoms with Crippen molar-refractivity contribution in [2.45, 2.75) is 13.8 Å². The van der Waals surface area contributed by atoms with Crippen LogP contribution in [0.1, 0.15) is 13.8 Å². The van der Waals surface area contributed by atoms with E-state index in [1.807, 2.05) is 5.33 Å². The Kier molecular flexibility index (Phi) is 10.3. The van der Waals surface area contributed by atoms with Crippen LogP contribution >= 0.6 is 15.9 Å². The van der Waals surface area contributed by atoms with Crippen molar-refractivity contribution in [2.75, 3.05) is 0 Å². The summed E-state index contributed by atoms with van der Waals surface area (Å²) in [7, 11) is 0. The normalized spacial score (nSPS) is 8.00. The first kappa shape index (κ1) is 10.2. The summed E-state index contributed by atoms with van der Waals surface area (Å²) in [5, 5.41) is 1.98. The van der Waals surface area contributed by atoms with Gasteiger partial charge in [0.1, 0.15) is 0 Å². The zero-order valence-corrected chi connectivity index (χ0v) is 8.79. The molecule has 0 aliphatic carbocycles. The van der Waals surface area contributed by atoms with Gasteiger partial charge in [-0.2, -0.15) is 5.92 Å². The molecule has 0 aromatic rings. The molecule has 0 unspecified atom stereocenters. The Balaban J connectivity index is 0. The Labute approximate surface area is 60.6 Å². The number of rotatable bonds is 1. The van der Waals surface area contributed by atoms with Crippen LogP contribution in [0.3, 0.4) is 0 Å². The molecule has 0 amide bonds. The van der Waals surface area contributed by atoms with Crippen LogP contribution in [-0.4, -0.2) is 0 Å². The third-order valence-corrected chi connectivity index (χ3v) is 1.31. The largest absolute Gasteiger partial charge is 0.320 e. The van der Waals surface area contributed by atoms with Gasteiger partial charge in [-0.1, -0.05) is 13.8 Å². The van der Waals surface area contributed by atoms with Gasteiger partial charge in [0.15, 0.2) is 0 Å². The SMILES string of the molecule is CC(C)[CH-]Br.[Zn]. The Bertz CT molecular complexity index is 21.5. The fraction of sp³-hybridized carbons (Fsp3) is 0.750. The second kappa shape index (κ2) is 6.10. The van der Waals surface area contributed by atoms with E-state index < -0.39 is 0 Å². The van der Waals surface area contributed by atoms with Crippen molar-refractivity contribution in [1.82, 2.24) is 0 Å². The number of hydrogen-bond donors (Lipinski definition) is 0. The Hall–Kier alpha value is 1.10. The molecule has 0 atom stereocenters. The van der Waals surface area contributed by atoms with E-state index in [1.54, 1.807) is 0 Å². The molecule has 0 aromatic heterocycles. The van der Waals surface area contributed by atoms with Gasteiger partial charge in [-0.05, 0) is 0 Å². The van der Waals surface area contributed by atoms with Crippen LogP contribution in [0.5, 0.6) is 0 Å². The van der Waals surface area contributed by atoms with Gasteiger partial charge >= 0.3 is 0 Å². The van der Waals surface area contributed by atoms with Gasteiger partial charge in [0, 0.05) is 19.5 Å². The Morgan fingerprint density at radius 2 is 1.67 bits per heavy atom. The molecule has 0 nitrogen and oxygen atoms in total. The van der Waals surface area contributed by atoms with Crippen LogP contribution in [0.4, 0.5) is 0 Å². The van der Waals surface area contributed by atoms with Crippen molar-refractivity contribution < 1.29 is 19.5 Å². The average molecular weight is 201 g/mol. The number of halogens is 1. The topological polar surface area (TPSA) is 0 Å². The van der Waals surface area contributed by atoms with Crippen LogP contribution in [0, 0.1) is 11.2 Å². The maximum absolute atomic E-state index is 3.19. The first-order valence-electron chi connectivity index (χ1n) is 1.71. The van der Waals surface area contributed by atoms with Gasteiger partial charge in [0.05, 0.1) is 0 Å². The van der Waals surface area contributed by atoms with E-state index in [-0.39, 0.29) is 19.5 Å². The van der Waals surface area contributed by atoms with Crippen molar-refractivity contribution in [3.8, 4) is 0 Å². The third-order valence-electron chi connectivity index (χ3n) is 0.252. The van der Waals surface area contributed by atoms with E-state index >= 15 is 0 Å². The fourth-order valence-corrected chi connectivity index (χ4v) is 0. The van der Waals surface area contributed by atoms with Crippen molar-refractivity contribution in [2.24, 2.45) is 5.92 Å². The van der Waals surface area contributed by atoms with E-state index in [0.717, 1.165) is 0 Å². The average Bonchev–Trinajstić information content (AvgIpc) is 1.38. The van der Waals surface area contributed by atoms with Crippen molar-refractivity contribution in [3.63, 3.8) is 0 Å². The second-order valence-corrected chi connectivity index (χ2v) is 1.90. The van der Waals surface area contributed by atoms with E-state index in [0.29, 0.717) is 5.92 Å². The molecule has 2 heteroatoms. The van der Waals surface area contributed by atoms with Crippen LogP contribution in [0.2, 0.25) is 0 Å². The van der Waals surface area contributed by atoms with Crippen LogP contribution in [0.25, 0.3) is 0 Å². The molecule has 0 saturated heterocycles. The van der Waals surface area contributed by atoms with Crippen LogP contribution < -0.4 is 0 Å². The maximum Gasteiger partial charge on any atom is 0 e. The standard InChI is InChI=1S/C4H8Br.Zn/c1-4(2)3-5;/h3-4H,1-2H3;/q-1;. The molecular weight excluding hydrogens is 193 g/mol. The zero-order chi connectivity index (χ0) is 4.28. The first-order chi connectivity index (χ1) is 2.27. The van der Waals surface area contributed by atoms with E-state index in [2.05, 4.69) is 29.8 Å². The summed E-state index contributed by atoms with van der Waals surface area (Å²) in [6.07, 6.45) is 0. The van der Waals surface area contributed by atoms with Gasteiger partial charge in [0.2, 0.25) is 0 Å². The Morgan fingerprint density at radius 1 is 1.50 bits per heavy atom. The van der Waals surface area contributed by atoms with E-state index in [4.69, 9.17) is 0 Å². The Morgan fingerprint density at radius 3 is 1.67 bits per heavy atom. The second-order valence-electron chi connectivity index (χ2n) is 1.37. The maximum atomic E-state index is 3.19.